The number of carbonyl (C=O) groups excluding carboxylic acids is 1. The summed E-state index contributed by atoms with van der Waals surface area (Å²) >= 11 is 0. The van der Waals surface area contributed by atoms with Gasteiger partial charge in [-0.25, -0.2) is 0 Å². The number of hydrogen-bond acceptors (Lipinski definition) is 3. The number of benzene rings is 1. The van der Waals surface area contributed by atoms with Crippen LogP contribution in [0.25, 0.3) is 0 Å². The zero-order chi connectivity index (χ0) is 13.7. The van der Waals surface area contributed by atoms with Crippen molar-refractivity contribution in [2.45, 2.75) is 38.5 Å². The number of ketones is 1. The molecule has 1 aromatic carbocycles. The van der Waals surface area contributed by atoms with Gasteiger partial charge in [0, 0.05) is 17.5 Å². The maximum absolute atomic E-state index is 12.8. The highest BCUT2D eigenvalue weighted by Crippen LogP contribution is 2.37. The Labute approximate surface area is 115 Å². The lowest BCUT2D eigenvalue weighted by Gasteiger charge is -2.29. The summed E-state index contributed by atoms with van der Waals surface area (Å²) in [6.07, 6.45) is 6.47. The minimum absolute atomic E-state index is 0.191. The molecule has 0 amide bonds. The standard InChI is InChI=1S/C16H23NO2/c1-19-14-8-6-7-13(11-14)15(18)16(12-17)9-4-2-3-5-10-16/h6-8,11H,2-5,9-10,12,17H2,1H3. The van der Waals surface area contributed by atoms with Crippen LogP contribution < -0.4 is 10.5 Å². The molecule has 104 valence electrons. The summed E-state index contributed by atoms with van der Waals surface area (Å²) in [4.78, 5) is 12.8. The molecule has 2 rings (SSSR count). The Balaban J connectivity index is 2.28. The Hall–Kier alpha value is -1.35. The molecule has 0 aliphatic heterocycles. The molecule has 0 radical (unpaired) electrons. The Kier molecular flexibility index (Phi) is 4.59. The van der Waals surface area contributed by atoms with E-state index in [-0.39, 0.29) is 11.2 Å². The Morgan fingerprint density at radius 2 is 1.95 bits per heavy atom. The Bertz CT molecular complexity index is 434. The molecule has 0 spiro atoms. The van der Waals surface area contributed by atoms with E-state index in [4.69, 9.17) is 10.5 Å². The first-order chi connectivity index (χ1) is 9.22. The second kappa shape index (κ2) is 6.20. The van der Waals surface area contributed by atoms with Gasteiger partial charge in [0.25, 0.3) is 0 Å². The van der Waals surface area contributed by atoms with Crippen molar-refractivity contribution in [3.8, 4) is 5.75 Å². The van der Waals surface area contributed by atoms with E-state index < -0.39 is 0 Å². The number of rotatable bonds is 4. The normalized spacial score (nSPS) is 18.6. The van der Waals surface area contributed by atoms with E-state index >= 15 is 0 Å². The number of hydrogen-bond donors (Lipinski definition) is 1. The molecular weight excluding hydrogens is 238 g/mol. The third kappa shape index (κ3) is 2.98. The van der Waals surface area contributed by atoms with Crippen molar-refractivity contribution in [1.29, 1.82) is 0 Å². The topological polar surface area (TPSA) is 52.3 Å². The summed E-state index contributed by atoms with van der Waals surface area (Å²) < 4.78 is 5.20. The van der Waals surface area contributed by atoms with Crippen LogP contribution in [0.4, 0.5) is 0 Å². The predicted octanol–water partition coefficient (Wildman–Crippen LogP) is 3.18. The molecule has 19 heavy (non-hydrogen) atoms. The van der Waals surface area contributed by atoms with Gasteiger partial charge < -0.3 is 10.5 Å². The van der Waals surface area contributed by atoms with E-state index in [0.717, 1.165) is 37.0 Å². The fraction of sp³-hybridized carbons (Fsp3) is 0.562. The van der Waals surface area contributed by atoms with Gasteiger partial charge in [0.2, 0.25) is 0 Å². The SMILES string of the molecule is COc1cccc(C(=O)C2(CN)CCCCCC2)c1. The molecule has 1 aromatic rings. The number of Topliss-reactive ketones (excluding diaryl/α,β-unsaturated/α-hetero) is 1. The van der Waals surface area contributed by atoms with Gasteiger partial charge in [-0.05, 0) is 25.0 Å². The molecule has 0 saturated heterocycles. The zero-order valence-corrected chi connectivity index (χ0v) is 11.7. The third-order valence-corrected chi connectivity index (χ3v) is 4.26. The minimum atomic E-state index is -0.358. The first kappa shape index (κ1) is 14.1. The summed E-state index contributed by atoms with van der Waals surface area (Å²) in [5, 5.41) is 0. The summed E-state index contributed by atoms with van der Waals surface area (Å²) in [6, 6.07) is 7.42. The van der Waals surface area contributed by atoms with Gasteiger partial charge in [-0.1, -0.05) is 37.8 Å². The van der Waals surface area contributed by atoms with E-state index in [2.05, 4.69) is 0 Å². The number of methoxy groups -OCH3 is 1. The lowest BCUT2D eigenvalue weighted by Crippen LogP contribution is -2.38. The molecule has 1 aliphatic rings. The van der Waals surface area contributed by atoms with Crippen LogP contribution in [0.15, 0.2) is 24.3 Å². The summed E-state index contributed by atoms with van der Waals surface area (Å²) in [6.45, 7) is 0.447. The maximum atomic E-state index is 12.8. The molecule has 3 nitrogen and oxygen atoms in total. The molecule has 0 aromatic heterocycles. The van der Waals surface area contributed by atoms with Gasteiger partial charge in [0.1, 0.15) is 5.75 Å². The Morgan fingerprint density at radius 3 is 2.53 bits per heavy atom. The van der Waals surface area contributed by atoms with Gasteiger partial charge in [0.15, 0.2) is 5.78 Å². The molecule has 0 unspecified atom stereocenters. The van der Waals surface area contributed by atoms with Crippen LogP contribution in [0, 0.1) is 5.41 Å². The molecule has 1 fully saturated rings. The Morgan fingerprint density at radius 1 is 1.26 bits per heavy atom. The molecule has 2 N–H and O–H groups in total. The molecule has 0 bridgehead atoms. The molecule has 0 atom stereocenters. The zero-order valence-electron chi connectivity index (χ0n) is 11.7. The van der Waals surface area contributed by atoms with Crippen LogP contribution in [0.2, 0.25) is 0 Å². The van der Waals surface area contributed by atoms with Crippen LogP contribution in [0.1, 0.15) is 48.9 Å². The van der Waals surface area contributed by atoms with E-state index in [0.29, 0.717) is 6.54 Å². The average Bonchev–Trinajstić information content (AvgIpc) is 2.73. The fourth-order valence-electron chi connectivity index (χ4n) is 3.00. The third-order valence-electron chi connectivity index (χ3n) is 4.26. The van der Waals surface area contributed by atoms with Gasteiger partial charge in [-0.3, -0.25) is 4.79 Å². The maximum Gasteiger partial charge on any atom is 0.170 e. The van der Waals surface area contributed by atoms with Crippen LogP contribution in [0.3, 0.4) is 0 Å². The van der Waals surface area contributed by atoms with Crippen LogP contribution >= 0.6 is 0 Å². The van der Waals surface area contributed by atoms with Crippen LogP contribution in [-0.4, -0.2) is 19.4 Å². The summed E-state index contributed by atoms with van der Waals surface area (Å²) in [7, 11) is 1.62. The summed E-state index contributed by atoms with van der Waals surface area (Å²) in [5.74, 6) is 0.919. The predicted molar refractivity (Wildman–Crippen MR) is 76.5 cm³/mol. The number of ether oxygens (including phenoxy) is 1. The van der Waals surface area contributed by atoms with Crippen LogP contribution in [0.5, 0.6) is 5.75 Å². The van der Waals surface area contributed by atoms with E-state index in [9.17, 15) is 4.79 Å². The minimum Gasteiger partial charge on any atom is -0.497 e. The lowest BCUT2D eigenvalue weighted by molar-refractivity contribution is 0.0774. The molecule has 3 heteroatoms. The van der Waals surface area contributed by atoms with Crippen molar-refractivity contribution in [2.75, 3.05) is 13.7 Å². The fourth-order valence-corrected chi connectivity index (χ4v) is 3.00. The summed E-state index contributed by atoms with van der Waals surface area (Å²) in [5.41, 5.74) is 6.33. The molecular formula is C16H23NO2. The van der Waals surface area contributed by atoms with E-state index in [1.54, 1.807) is 7.11 Å². The number of nitrogens with two attached hydrogens (primary N) is 1. The highest BCUT2D eigenvalue weighted by molar-refractivity contribution is 6.01. The highest BCUT2D eigenvalue weighted by Gasteiger charge is 2.37. The highest BCUT2D eigenvalue weighted by atomic mass is 16.5. The van der Waals surface area contributed by atoms with Crippen molar-refractivity contribution in [3.63, 3.8) is 0 Å². The van der Waals surface area contributed by atoms with Crippen molar-refractivity contribution in [3.05, 3.63) is 29.8 Å². The van der Waals surface area contributed by atoms with Gasteiger partial charge in [0.05, 0.1) is 7.11 Å². The van der Waals surface area contributed by atoms with Gasteiger partial charge in [-0.15, -0.1) is 0 Å². The van der Waals surface area contributed by atoms with Crippen molar-refractivity contribution in [1.82, 2.24) is 0 Å². The molecule has 1 saturated carbocycles. The molecule has 1 aliphatic carbocycles. The van der Waals surface area contributed by atoms with Crippen LogP contribution in [-0.2, 0) is 0 Å². The van der Waals surface area contributed by atoms with Gasteiger partial charge >= 0.3 is 0 Å². The second-order valence-corrected chi connectivity index (χ2v) is 5.46. The van der Waals surface area contributed by atoms with E-state index in [1.165, 1.54) is 12.8 Å². The van der Waals surface area contributed by atoms with Crippen molar-refractivity contribution in [2.24, 2.45) is 11.1 Å². The largest absolute Gasteiger partial charge is 0.497 e. The van der Waals surface area contributed by atoms with Crippen molar-refractivity contribution < 1.29 is 9.53 Å². The number of carbonyl (C=O) groups is 1. The average molecular weight is 261 g/mol. The smallest absolute Gasteiger partial charge is 0.170 e. The van der Waals surface area contributed by atoms with Crippen molar-refractivity contribution >= 4 is 5.78 Å². The monoisotopic (exact) mass is 261 g/mol. The second-order valence-electron chi connectivity index (χ2n) is 5.46. The first-order valence-corrected chi connectivity index (χ1v) is 7.11. The lowest BCUT2D eigenvalue weighted by atomic mass is 9.74. The quantitative estimate of drug-likeness (QED) is 0.669. The van der Waals surface area contributed by atoms with Gasteiger partial charge in [-0.2, -0.15) is 0 Å². The van der Waals surface area contributed by atoms with E-state index in [1.807, 2.05) is 24.3 Å². The molecule has 0 heterocycles. The first-order valence-electron chi connectivity index (χ1n) is 7.11.